The maximum Gasteiger partial charge on any atom is 0.221 e. The molecule has 3 aromatic rings. The Morgan fingerprint density at radius 1 is 1.31 bits per heavy atom. The molecule has 0 atom stereocenters. The molecule has 1 aromatic heterocycles. The summed E-state index contributed by atoms with van der Waals surface area (Å²) in [7, 11) is 0. The molecule has 0 aliphatic heterocycles. The van der Waals surface area contributed by atoms with Crippen LogP contribution in [0.4, 0.5) is 11.4 Å². The van der Waals surface area contributed by atoms with Gasteiger partial charge in [-0.3, -0.25) is 0 Å². The molecule has 0 spiro atoms. The summed E-state index contributed by atoms with van der Waals surface area (Å²) >= 11 is 6.91. The second kappa shape index (κ2) is 8.16. The number of benzene rings is 2. The standard InChI is InChI=1S/C19H18N4OS2/c1-3-11-23-16-10-5-4-9-15(16)17(18(23)24)21-22-19(25)20-13-7-6-8-14(12-13)26-2/h3-10,12,24H,1,11H2,2H3,(H,20,25). The number of thiocarbonyl (C=S) groups is 1. The summed E-state index contributed by atoms with van der Waals surface area (Å²) < 4.78 is 1.73. The Kier molecular flexibility index (Phi) is 5.70. The smallest absolute Gasteiger partial charge is 0.221 e. The van der Waals surface area contributed by atoms with Gasteiger partial charge in [-0.1, -0.05) is 30.3 Å². The van der Waals surface area contributed by atoms with Crippen LogP contribution in [0.3, 0.4) is 0 Å². The Hall–Kier alpha value is -2.64. The Labute approximate surface area is 161 Å². The lowest BCUT2D eigenvalue weighted by molar-refractivity contribution is 0.431. The van der Waals surface area contributed by atoms with E-state index < -0.39 is 0 Å². The van der Waals surface area contributed by atoms with Crippen molar-refractivity contribution < 1.29 is 5.11 Å². The lowest BCUT2D eigenvalue weighted by atomic mass is 10.2. The summed E-state index contributed by atoms with van der Waals surface area (Å²) in [5.74, 6) is 0.0435. The van der Waals surface area contributed by atoms with Gasteiger partial charge in [0.25, 0.3) is 0 Å². The summed E-state index contributed by atoms with van der Waals surface area (Å²) in [5.41, 5.74) is 2.11. The number of thioether (sulfide) groups is 1. The highest BCUT2D eigenvalue weighted by Crippen LogP contribution is 2.38. The van der Waals surface area contributed by atoms with Crippen molar-refractivity contribution in [3.63, 3.8) is 0 Å². The fourth-order valence-electron chi connectivity index (χ4n) is 2.63. The fourth-order valence-corrected chi connectivity index (χ4v) is 3.25. The first-order chi connectivity index (χ1) is 12.6. The number of anilines is 1. The highest BCUT2D eigenvalue weighted by molar-refractivity contribution is 7.98. The van der Waals surface area contributed by atoms with Crippen LogP contribution in [0.5, 0.6) is 5.88 Å². The zero-order valence-corrected chi connectivity index (χ0v) is 15.8. The zero-order chi connectivity index (χ0) is 18.5. The molecule has 0 aliphatic carbocycles. The highest BCUT2D eigenvalue weighted by atomic mass is 32.2. The third-order valence-corrected chi connectivity index (χ3v) is 4.70. The SMILES string of the molecule is C=CCn1c(O)c(N=NC(=S)Nc2cccc(SC)c2)c2ccccc21. The van der Waals surface area contributed by atoms with Crippen molar-refractivity contribution in [2.75, 3.05) is 11.6 Å². The Morgan fingerprint density at radius 2 is 2.12 bits per heavy atom. The van der Waals surface area contributed by atoms with Gasteiger partial charge in [0.05, 0.1) is 5.52 Å². The van der Waals surface area contributed by atoms with Crippen molar-refractivity contribution >= 4 is 51.4 Å². The van der Waals surface area contributed by atoms with Crippen LogP contribution in [-0.2, 0) is 6.54 Å². The van der Waals surface area contributed by atoms with Crippen LogP contribution in [-0.4, -0.2) is 21.0 Å². The first-order valence-corrected chi connectivity index (χ1v) is 9.55. The molecule has 0 bridgehead atoms. The lowest BCUT2D eigenvalue weighted by Crippen LogP contribution is -2.04. The van der Waals surface area contributed by atoms with Crippen molar-refractivity contribution in [3.8, 4) is 5.88 Å². The molecule has 0 unspecified atom stereocenters. The zero-order valence-electron chi connectivity index (χ0n) is 14.2. The molecule has 3 rings (SSSR count). The number of allylic oxidation sites excluding steroid dienone is 1. The van der Waals surface area contributed by atoms with E-state index in [2.05, 4.69) is 22.1 Å². The number of azo groups is 1. The minimum absolute atomic E-state index is 0.0435. The average molecular weight is 383 g/mol. The summed E-state index contributed by atoms with van der Waals surface area (Å²) in [5, 5.41) is 22.8. The number of hydrogen-bond acceptors (Lipinski definition) is 4. The van der Waals surface area contributed by atoms with Gasteiger partial charge in [0.1, 0.15) is 0 Å². The van der Waals surface area contributed by atoms with Crippen molar-refractivity contribution in [2.24, 2.45) is 10.2 Å². The van der Waals surface area contributed by atoms with Gasteiger partial charge in [-0.25, -0.2) is 0 Å². The summed E-state index contributed by atoms with van der Waals surface area (Å²) in [6.45, 7) is 4.21. The minimum Gasteiger partial charge on any atom is -0.493 e. The minimum atomic E-state index is 0.0435. The number of aromatic nitrogens is 1. The maximum atomic E-state index is 10.5. The summed E-state index contributed by atoms with van der Waals surface area (Å²) in [6.07, 6.45) is 3.73. The number of nitrogens with zero attached hydrogens (tertiary/aromatic N) is 3. The molecular formula is C19H18N4OS2. The van der Waals surface area contributed by atoms with Gasteiger partial charge in [-0.05, 0) is 42.7 Å². The molecule has 0 aliphatic rings. The number of aromatic hydroxyl groups is 1. The van der Waals surface area contributed by atoms with E-state index in [4.69, 9.17) is 12.2 Å². The van der Waals surface area contributed by atoms with Crippen molar-refractivity contribution in [2.45, 2.75) is 11.4 Å². The van der Waals surface area contributed by atoms with Gasteiger partial charge >= 0.3 is 0 Å². The molecule has 7 heteroatoms. The van der Waals surface area contributed by atoms with Gasteiger partial charge in [0.15, 0.2) is 5.69 Å². The monoisotopic (exact) mass is 382 g/mol. The molecule has 2 aromatic carbocycles. The van der Waals surface area contributed by atoms with Crippen molar-refractivity contribution in [1.29, 1.82) is 0 Å². The summed E-state index contributed by atoms with van der Waals surface area (Å²) in [6, 6.07) is 15.5. The van der Waals surface area contributed by atoms with E-state index in [9.17, 15) is 5.11 Å². The Balaban J connectivity index is 1.87. The molecule has 26 heavy (non-hydrogen) atoms. The van der Waals surface area contributed by atoms with Gasteiger partial charge in [-0.2, -0.15) is 0 Å². The normalized spacial score (nSPS) is 11.1. The molecule has 0 fully saturated rings. The second-order valence-electron chi connectivity index (χ2n) is 5.45. The molecule has 0 saturated carbocycles. The van der Waals surface area contributed by atoms with Crippen LogP contribution in [0.15, 0.2) is 76.3 Å². The van der Waals surface area contributed by atoms with Crippen LogP contribution >= 0.6 is 24.0 Å². The van der Waals surface area contributed by atoms with Crippen LogP contribution in [0.25, 0.3) is 10.9 Å². The Morgan fingerprint density at radius 3 is 2.88 bits per heavy atom. The topological polar surface area (TPSA) is 61.9 Å². The van der Waals surface area contributed by atoms with Crippen LogP contribution < -0.4 is 5.32 Å². The van der Waals surface area contributed by atoms with Crippen molar-refractivity contribution in [3.05, 3.63) is 61.2 Å². The highest BCUT2D eigenvalue weighted by Gasteiger charge is 2.15. The fraction of sp³-hybridized carbons (Fsp3) is 0.105. The van der Waals surface area contributed by atoms with E-state index in [1.54, 1.807) is 22.4 Å². The van der Waals surface area contributed by atoms with Crippen molar-refractivity contribution in [1.82, 2.24) is 4.57 Å². The number of fused-ring (bicyclic) bond motifs is 1. The largest absolute Gasteiger partial charge is 0.493 e. The third kappa shape index (κ3) is 3.79. The molecular weight excluding hydrogens is 364 g/mol. The predicted octanol–water partition coefficient (Wildman–Crippen LogP) is 5.74. The number of hydrogen-bond donors (Lipinski definition) is 2. The molecule has 5 nitrogen and oxygen atoms in total. The quantitative estimate of drug-likeness (QED) is 0.256. The van der Waals surface area contributed by atoms with E-state index in [-0.39, 0.29) is 11.0 Å². The molecule has 1 heterocycles. The van der Waals surface area contributed by atoms with E-state index >= 15 is 0 Å². The van der Waals surface area contributed by atoms with Gasteiger partial charge in [0.2, 0.25) is 11.0 Å². The van der Waals surface area contributed by atoms with Crippen LogP contribution in [0.2, 0.25) is 0 Å². The average Bonchev–Trinajstić information content (AvgIpc) is 2.92. The molecule has 0 amide bonds. The van der Waals surface area contributed by atoms with E-state index in [0.717, 1.165) is 21.5 Å². The molecule has 0 radical (unpaired) electrons. The van der Waals surface area contributed by atoms with E-state index in [1.807, 2.05) is 54.8 Å². The maximum absolute atomic E-state index is 10.5. The first kappa shape index (κ1) is 18.2. The predicted molar refractivity (Wildman–Crippen MR) is 113 cm³/mol. The Bertz CT molecular complexity index is 994. The first-order valence-electron chi connectivity index (χ1n) is 7.92. The van der Waals surface area contributed by atoms with Gasteiger partial charge < -0.3 is 15.0 Å². The molecule has 2 N–H and O–H groups in total. The van der Waals surface area contributed by atoms with Gasteiger partial charge in [0, 0.05) is 22.5 Å². The number of nitrogens with one attached hydrogen (secondary N) is 1. The second-order valence-corrected chi connectivity index (χ2v) is 6.72. The molecule has 0 saturated heterocycles. The molecule has 132 valence electrons. The number of para-hydroxylation sites is 1. The van der Waals surface area contributed by atoms with Crippen LogP contribution in [0, 0.1) is 0 Å². The third-order valence-electron chi connectivity index (χ3n) is 3.79. The van der Waals surface area contributed by atoms with Gasteiger partial charge in [-0.15, -0.1) is 28.6 Å². The lowest BCUT2D eigenvalue weighted by Gasteiger charge is -2.04. The van der Waals surface area contributed by atoms with E-state index in [1.165, 1.54) is 0 Å². The van der Waals surface area contributed by atoms with E-state index in [0.29, 0.717) is 12.2 Å². The summed E-state index contributed by atoms with van der Waals surface area (Å²) in [4.78, 5) is 1.12. The number of rotatable bonds is 5. The van der Waals surface area contributed by atoms with Crippen LogP contribution in [0.1, 0.15) is 0 Å².